The maximum atomic E-state index is 12.5. The minimum atomic E-state index is -0.0146. The summed E-state index contributed by atoms with van der Waals surface area (Å²) in [7, 11) is 2.13. The normalized spacial score (nSPS) is 24.9. The Morgan fingerprint density at radius 2 is 1.60 bits per heavy atom. The molecule has 2 fully saturated rings. The first kappa shape index (κ1) is 20.2. The van der Waals surface area contributed by atoms with Crippen molar-refractivity contribution >= 4 is 11.8 Å². The first-order chi connectivity index (χ1) is 11.8. The van der Waals surface area contributed by atoms with Crippen LogP contribution in [0.3, 0.4) is 0 Å². The summed E-state index contributed by atoms with van der Waals surface area (Å²) in [6.07, 6.45) is 4.20. The van der Waals surface area contributed by atoms with E-state index in [4.69, 9.17) is 0 Å². The van der Waals surface area contributed by atoms with Crippen molar-refractivity contribution in [3.05, 3.63) is 0 Å². The predicted molar refractivity (Wildman–Crippen MR) is 100 cm³/mol. The molecule has 0 spiro atoms. The lowest BCUT2D eigenvalue weighted by molar-refractivity contribution is -0.127. The van der Waals surface area contributed by atoms with Crippen molar-refractivity contribution in [2.45, 2.75) is 58.5 Å². The fraction of sp³-hybridized carbons (Fsp3) is 0.895. The zero-order valence-corrected chi connectivity index (χ0v) is 16.4. The van der Waals surface area contributed by atoms with Crippen LogP contribution in [-0.4, -0.2) is 73.5 Å². The van der Waals surface area contributed by atoms with Gasteiger partial charge in [-0.1, -0.05) is 20.8 Å². The molecular formula is C19H36N4O2. The number of piperidine rings is 2. The van der Waals surface area contributed by atoms with Crippen LogP contribution >= 0.6 is 0 Å². The molecule has 2 saturated heterocycles. The highest BCUT2D eigenvalue weighted by Crippen LogP contribution is 2.14. The highest BCUT2D eigenvalue weighted by Gasteiger charge is 2.26. The minimum Gasteiger partial charge on any atom is -0.353 e. The first-order valence-electron chi connectivity index (χ1n) is 9.86. The molecule has 0 aromatic heterocycles. The van der Waals surface area contributed by atoms with Gasteiger partial charge in [-0.3, -0.25) is 9.59 Å². The molecule has 6 nitrogen and oxygen atoms in total. The summed E-state index contributed by atoms with van der Waals surface area (Å²) < 4.78 is 0. The van der Waals surface area contributed by atoms with Crippen LogP contribution in [0.4, 0.5) is 0 Å². The summed E-state index contributed by atoms with van der Waals surface area (Å²) in [5, 5.41) is 6.36. The lowest BCUT2D eigenvalue weighted by Crippen LogP contribution is -2.51. The zero-order chi connectivity index (χ0) is 18.4. The Morgan fingerprint density at radius 1 is 0.960 bits per heavy atom. The number of amides is 2. The Bertz CT molecular complexity index is 447. The molecule has 0 radical (unpaired) electrons. The van der Waals surface area contributed by atoms with Crippen molar-refractivity contribution in [1.82, 2.24) is 20.4 Å². The molecule has 1 unspecified atom stereocenters. The average Bonchev–Trinajstić information content (AvgIpc) is 2.57. The van der Waals surface area contributed by atoms with E-state index in [1.807, 2.05) is 20.8 Å². The Kier molecular flexibility index (Phi) is 7.69. The molecule has 2 rings (SSSR count). The summed E-state index contributed by atoms with van der Waals surface area (Å²) in [4.78, 5) is 29.0. The Balaban J connectivity index is 1.74. The van der Waals surface area contributed by atoms with E-state index < -0.39 is 0 Å². The second-order valence-electron chi connectivity index (χ2n) is 8.25. The van der Waals surface area contributed by atoms with Gasteiger partial charge >= 0.3 is 0 Å². The molecule has 0 aliphatic carbocycles. The maximum Gasteiger partial charge on any atom is 0.224 e. The van der Waals surface area contributed by atoms with E-state index in [2.05, 4.69) is 27.5 Å². The van der Waals surface area contributed by atoms with Crippen LogP contribution in [0.5, 0.6) is 0 Å². The van der Waals surface area contributed by atoms with E-state index in [9.17, 15) is 9.59 Å². The minimum absolute atomic E-state index is 0.0146. The summed E-state index contributed by atoms with van der Waals surface area (Å²) in [5.41, 5.74) is 0. The van der Waals surface area contributed by atoms with Gasteiger partial charge in [0, 0.05) is 37.0 Å². The molecule has 2 aliphatic rings. The monoisotopic (exact) mass is 352 g/mol. The molecule has 25 heavy (non-hydrogen) atoms. The first-order valence-corrected chi connectivity index (χ1v) is 9.86. The van der Waals surface area contributed by atoms with Crippen molar-refractivity contribution in [2.24, 2.45) is 11.8 Å². The second kappa shape index (κ2) is 9.53. The van der Waals surface area contributed by atoms with Gasteiger partial charge in [0.1, 0.15) is 0 Å². The van der Waals surface area contributed by atoms with E-state index in [0.29, 0.717) is 6.04 Å². The van der Waals surface area contributed by atoms with Crippen LogP contribution in [-0.2, 0) is 9.59 Å². The molecular weight excluding hydrogens is 316 g/mol. The molecule has 2 heterocycles. The molecule has 2 aliphatic heterocycles. The van der Waals surface area contributed by atoms with E-state index in [1.165, 1.54) is 0 Å². The van der Waals surface area contributed by atoms with Gasteiger partial charge in [-0.05, 0) is 52.4 Å². The van der Waals surface area contributed by atoms with E-state index >= 15 is 0 Å². The number of nitrogens with one attached hydrogen (secondary N) is 2. The third-order valence-corrected chi connectivity index (χ3v) is 5.42. The van der Waals surface area contributed by atoms with Gasteiger partial charge in [-0.2, -0.15) is 0 Å². The highest BCUT2D eigenvalue weighted by atomic mass is 16.2. The third-order valence-electron chi connectivity index (χ3n) is 5.42. The standard InChI is InChI=1S/C19H36N4O2/c1-14(2)18(24)21-17-6-5-9-23(13-17)12-15(3)19(25)20-16-7-10-22(4)11-8-16/h14-17H,5-13H2,1-4H3,(H,20,25)(H,21,24)/t15?,17-/m1/s1. The van der Waals surface area contributed by atoms with Crippen molar-refractivity contribution in [1.29, 1.82) is 0 Å². The molecule has 2 N–H and O–H groups in total. The largest absolute Gasteiger partial charge is 0.353 e. The SMILES string of the molecule is CC(C)C(=O)N[C@@H]1CCCN(CC(C)C(=O)NC2CCN(C)CC2)C1. The number of likely N-dealkylation sites (tertiary alicyclic amines) is 2. The lowest BCUT2D eigenvalue weighted by atomic mass is 10.0. The summed E-state index contributed by atoms with van der Waals surface area (Å²) in [6, 6.07) is 0.540. The molecule has 2 atom stereocenters. The van der Waals surface area contributed by atoms with Gasteiger partial charge in [0.25, 0.3) is 0 Å². The van der Waals surface area contributed by atoms with Gasteiger partial charge < -0.3 is 20.4 Å². The number of nitrogens with zero attached hydrogens (tertiary/aromatic N) is 2. The van der Waals surface area contributed by atoms with E-state index in [-0.39, 0.29) is 29.7 Å². The van der Waals surface area contributed by atoms with Crippen molar-refractivity contribution in [2.75, 3.05) is 39.8 Å². The van der Waals surface area contributed by atoms with E-state index in [0.717, 1.165) is 58.4 Å². The number of carbonyl (C=O) groups excluding carboxylic acids is 2. The van der Waals surface area contributed by atoms with Gasteiger partial charge in [-0.15, -0.1) is 0 Å². The quantitative estimate of drug-likeness (QED) is 0.751. The molecule has 144 valence electrons. The third kappa shape index (κ3) is 6.59. The fourth-order valence-corrected chi connectivity index (χ4v) is 3.67. The van der Waals surface area contributed by atoms with E-state index in [1.54, 1.807) is 0 Å². The van der Waals surface area contributed by atoms with Gasteiger partial charge in [-0.25, -0.2) is 0 Å². The summed E-state index contributed by atoms with van der Waals surface area (Å²) in [5.74, 6) is 0.302. The second-order valence-corrected chi connectivity index (χ2v) is 8.25. The van der Waals surface area contributed by atoms with Crippen molar-refractivity contribution in [3.8, 4) is 0 Å². The summed E-state index contributed by atoms with van der Waals surface area (Å²) in [6.45, 7) is 10.6. The highest BCUT2D eigenvalue weighted by molar-refractivity contribution is 5.79. The average molecular weight is 353 g/mol. The van der Waals surface area contributed by atoms with Crippen LogP contribution in [0, 0.1) is 11.8 Å². The number of carbonyl (C=O) groups is 2. The summed E-state index contributed by atoms with van der Waals surface area (Å²) >= 11 is 0. The molecule has 0 bridgehead atoms. The number of rotatable bonds is 6. The Labute approximate surface area is 152 Å². The molecule has 2 amide bonds. The number of hydrogen-bond donors (Lipinski definition) is 2. The topological polar surface area (TPSA) is 64.7 Å². The smallest absolute Gasteiger partial charge is 0.224 e. The van der Waals surface area contributed by atoms with Crippen molar-refractivity contribution in [3.63, 3.8) is 0 Å². The van der Waals surface area contributed by atoms with Crippen LogP contribution in [0.1, 0.15) is 46.5 Å². The maximum absolute atomic E-state index is 12.5. The van der Waals surface area contributed by atoms with Gasteiger partial charge in [0.15, 0.2) is 0 Å². The number of hydrogen-bond acceptors (Lipinski definition) is 4. The van der Waals surface area contributed by atoms with Crippen LogP contribution in [0.2, 0.25) is 0 Å². The molecule has 0 saturated carbocycles. The Hall–Kier alpha value is -1.14. The van der Waals surface area contributed by atoms with Crippen molar-refractivity contribution < 1.29 is 9.59 Å². The molecule has 6 heteroatoms. The lowest BCUT2D eigenvalue weighted by Gasteiger charge is -2.35. The molecule has 0 aromatic rings. The van der Waals surface area contributed by atoms with Crippen LogP contribution in [0.25, 0.3) is 0 Å². The Morgan fingerprint density at radius 3 is 2.24 bits per heavy atom. The van der Waals surface area contributed by atoms with Crippen LogP contribution in [0.15, 0.2) is 0 Å². The van der Waals surface area contributed by atoms with Gasteiger partial charge in [0.05, 0.1) is 0 Å². The van der Waals surface area contributed by atoms with Gasteiger partial charge in [0.2, 0.25) is 11.8 Å². The predicted octanol–water partition coefficient (Wildman–Crippen LogP) is 1.07. The molecule has 0 aromatic carbocycles. The zero-order valence-electron chi connectivity index (χ0n) is 16.4. The van der Waals surface area contributed by atoms with Crippen LogP contribution < -0.4 is 10.6 Å². The fourth-order valence-electron chi connectivity index (χ4n) is 3.67.